The molecule has 12 heavy (non-hydrogen) atoms. The molecule has 0 amide bonds. The molecule has 1 aliphatic rings. The zero-order valence-electron chi connectivity index (χ0n) is 6.50. The largest absolute Gasteiger partial charge is 0.390 e. The van der Waals surface area contributed by atoms with E-state index in [-0.39, 0.29) is 6.54 Å². The topological polar surface area (TPSA) is 98.5 Å². The van der Waals surface area contributed by atoms with Crippen LogP contribution in [0.3, 0.4) is 0 Å². The Bertz CT molecular complexity index is 192. The molecule has 0 aromatic heterocycles. The maximum absolute atomic E-state index is 9.31. The fourth-order valence-corrected chi connectivity index (χ4v) is 1.13. The van der Waals surface area contributed by atoms with Crippen molar-refractivity contribution in [2.24, 2.45) is 5.11 Å². The SMILES string of the molecule is [N-]=[N+]=NC[C@H]1OCC[C@@H](O)[C@H]1O. The van der Waals surface area contributed by atoms with Crippen LogP contribution in [0.2, 0.25) is 0 Å². The molecule has 0 radical (unpaired) electrons. The van der Waals surface area contributed by atoms with Crippen LogP contribution in [-0.2, 0) is 4.74 Å². The number of hydrogen-bond donors (Lipinski definition) is 2. The minimum absolute atomic E-state index is 0.0642. The van der Waals surface area contributed by atoms with Crippen LogP contribution in [0.15, 0.2) is 5.11 Å². The van der Waals surface area contributed by atoms with Crippen molar-refractivity contribution in [1.82, 2.24) is 0 Å². The van der Waals surface area contributed by atoms with Crippen LogP contribution in [-0.4, -0.2) is 41.7 Å². The van der Waals surface area contributed by atoms with Gasteiger partial charge in [-0.05, 0) is 12.0 Å². The van der Waals surface area contributed by atoms with Crippen molar-refractivity contribution in [3.8, 4) is 0 Å². The third-order valence-electron chi connectivity index (χ3n) is 1.85. The van der Waals surface area contributed by atoms with Crippen LogP contribution in [0.25, 0.3) is 10.4 Å². The average molecular weight is 173 g/mol. The Balaban J connectivity index is 2.45. The van der Waals surface area contributed by atoms with Gasteiger partial charge in [0.2, 0.25) is 0 Å². The maximum atomic E-state index is 9.31. The summed E-state index contributed by atoms with van der Waals surface area (Å²) >= 11 is 0. The van der Waals surface area contributed by atoms with Crippen LogP contribution in [0, 0.1) is 0 Å². The molecule has 0 unspecified atom stereocenters. The number of azide groups is 1. The molecule has 0 saturated carbocycles. The second kappa shape index (κ2) is 4.27. The molecule has 1 rings (SSSR count). The molecule has 1 fully saturated rings. The third kappa shape index (κ3) is 2.09. The molecule has 68 valence electrons. The summed E-state index contributed by atoms with van der Waals surface area (Å²) in [7, 11) is 0. The second-order valence-electron chi connectivity index (χ2n) is 2.67. The second-order valence-corrected chi connectivity index (χ2v) is 2.67. The van der Waals surface area contributed by atoms with Gasteiger partial charge in [0.25, 0.3) is 0 Å². The zero-order chi connectivity index (χ0) is 8.97. The maximum Gasteiger partial charge on any atom is 0.106 e. The molecular weight excluding hydrogens is 162 g/mol. The lowest BCUT2D eigenvalue weighted by atomic mass is 10.0. The quantitative estimate of drug-likeness (QED) is 0.344. The summed E-state index contributed by atoms with van der Waals surface area (Å²) < 4.78 is 5.09. The van der Waals surface area contributed by atoms with Gasteiger partial charge >= 0.3 is 0 Å². The predicted molar refractivity (Wildman–Crippen MR) is 40.4 cm³/mol. The first-order chi connectivity index (χ1) is 5.75. The van der Waals surface area contributed by atoms with Crippen molar-refractivity contribution < 1.29 is 14.9 Å². The molecule has 2 N–H and O–H groups in total. The number of rotatable bonds is 2. The van der Waals surface area contributed by atoms with E-state index in [1.807, 2.05) is 0 Å². The molecule has 6 heteroatoms. The average Bonchev–Trinajstić information content (AvgIpc) is 2.08. The fourth-order valence-electron chi connectivity index (χ4n) is 1.13. The van der Waals surface area contributed by atoms with Crippen molar-refractivity contribution >= 4 is 0 Å². The minimum atomic E-state index is -0.941. The smallest absolute Gasteiger partial charge is 0.106 e. The molecule has 0 aromatic carbocycles. The first-order valence-corrected chi connectivity index (χ1v) is 3.74. The molecule has 0 aliphatic carbocycles. The fraction of sp³-hybridized carbons (Fsp3) is 1.00. The highest BCUT2D eigenvalue weighted by Gasteiger charge is 2.30. The monoisotopic (exact) mass is 173 g/mol. The van der Waals surface area contributed by atoms with E-state index < -0.39 is 18.3 Å². The summed E-state index contributed by atoms with van der Waals surface area (Å²) in [6.07, 6.45) is -1.85. The lowest BCUT2D eigenvalue weighted by Gasteiger charge is -2.30. The summed E-state index contributed by atoms with van der Waals surface area (Å²) in [5.41, 5.74) is 8.01. The van der Waals surface area contributed by atoms with Gasteiger partial charge in [-0.3, -0.25) is 0 Å². The van der Waals surface area contributed by atoms with Gasteiger partial charge in [-0.1, -0.05) is 5.11 Å². The summed E-state index contributed by atoms with van der Waals surface area (Å²) in [4.78, 5) is 2.54. The number of hydrogen-bond acceptors (Lipinski definition) is 4. The van der Waals surface area contributed by atoms with Crippen molar-refractivity contribution in [2.75, 3.05) is 13.2 Å². The highest BCUT2D eigenvalue weighted by molar-refractivity contribution is 4.82. The van der Waals surface area contributed by atoms with Gasteiger partial charge in [0.05, 0.1) is 18.8 Å². The predicted octanol–water partition coefficient (Wildman–Crippen LogP) is -0.193. The zero-order valence-corrected chi connectivity index (χ0v) is 6.50. The van der Waals surface area contributed by atoms with Crippen molar-refractivity contribution in [1.29, 1.82) is 0 Å². The van der Waals surface area contributed by atoms with Crippen LogP contribution < -0.4 is 0 Å². The first kappa shape index (κ1) is 9.28. The highest BCUT2D eigenvalue weighted by atomic mass is 16.5. The lowest BCUT2D eigenvalue weighted by molar-refractivity contribution is -0.130. The normalized spacial score (nSPS) is 35.7. The molecule has 3 atom stereocenters. The van der Waals surface area contributed by atoms with E-state index in [0.29, 0.717) is 13.0 Å². The van der Waals surface area contributed by atoms with E-state index in [1.165, 1.54) is 0 Å². The molecule has 0 bridgehead atoms. The van der Waals surface area contributed by atoms with Gasteiger partial charge in [0.1, 0.15) is 6.10 Å². The molecule has 1 aliphatic heterocycles. The molecule has 6 nitrogen and oxygen atoms in total. The molecule has 1 heterocycles. The number of nitrogens with zero attached hydrogens (tertiary/aromatic N) is 3. The van der Waals surface area contributed by atoms with Gasteiger partial charge in [-0.15, -0.1) is 0 Å². The Kier molecular flexibility index (Phi) is 3.31. The van der Waals surface area contributed by atoms with Gasteiger partial charge < -0.3 is 14.9 Å². The molecular formula is C6H11N3O3. The Morgan fingerprint density at radius 3 is 3.00 bits per heavy atom. The Hall–Kier alpha value is -0.810. The minimum Gasteiger partial charge on any atom is -0.390 e. The van der Waals surface area contributed by atoms with Crippen LogP contribution >= 0.6 is 0 Å². The number of aliphatic hydroxyl groups excluding tert-OH is 2. The summed E-state index contributed by atoms with van der Waals surface area (Å²) in [6.45, 7) is 0.457. The van der Waals surface area contributed by atoms with Crippen molar-refractivity contribution in [3.63, 3.8) is 0 Å². The van der Waals surface area contributed by atoms with Crippen LogP contribution in [0.5, 0.6) is 0 Å². The Labute approximate surface area is 69.4 Å². The highest BCUT2D eigenvalue weighted by Crippen LogP contribution is 2.14. The lowest BCUT2D eigenvalue weighted by Crippen LogP contribution is -2.45. The van der Waals surface area contributed by atoms with Gasteiger partial charge in [0, 0.05) is 11.5 Å². The summed E-state index contributed by atoms with van der Waals surface area (Å²) in [5, 5.41) is 21.8. The van der Waals surface area contributed by atoms with E-state index in [1.54, 1.807) is 0 Å². The standard InChI is InChI=1S/C6H11N3O3/c7-9-8-3-5-6(11)4(10)1-2-12-5/h4-6,10-11H,1-3H2/t4-,5-,6-/m1/s1. The van der Waals surface area contributed by atoms with Crippen molar-refractivity contribution in [2.45, 2.75) is 24.7 Å². The molecule has 1 saturated heterocycles. The third-order valence-corrected chi connectivity index (χ3v) is 1.85. The van der Waals surface area contributed by atoms with Crippen molar-refractivity contribution in [3.05, 3.63) is 10.4 Å². The van der Waals surface area contributed by atoms with Gasteiger partial charge in [-0.25, -0.2) is 0 Å². The van der Waals surface area contributed by atoms with Gasteiger partial charge in [0.15, 0.2) is 0 Å². The van der Waals surface area contributed by atoms with E-state index in [4.69, 9.17) is 10.3 Å². The first-order valence-electron chi connectivity index (χ1n) is 3.74. The van der Waals surface area contributed by atoms with E-state index in [0.717, 1.165) is 0 Å². The van der Waals surface area contributed by atoms with Crippen LogP contribution in [0.1, 0.15) is 6.42 Å². The van der Waals surface area contributed by atoms with Crippen LogP contribution in [0.4, 0.5) is 0 Å². The molecule has 0 aromatic rings. The molecule has 0 spiro atoms. The Morgan fingerprint density at radius 2 is 2.33 bits per heavy atom. The van der Waals surface area contributed by atoms with E-state index in [9.17, 15) is 10.2 Å². The number of aliphatic hydroxyl groups is 2. The van der Waals surface area contributed by atoms with E-state index in [2.05, 4.69) is 10.0 Å². The van der Waals surface area contributed by atoms with Gasteiger partial charge in [-0.2, -0.15) is 0 Å². The summed E-state index contributed by atoms with van der Waals surface area (Å²) in [5.74, 6) is 0. The van der Waals surface area contributed by atoms with E-state index >= 15 is 0 Å². The summed E-state index contributed by atoms with van der Waals surface area (Å²) in [6, 6.07) is 0. The Morgan fingerprint density at radius 1 is 1.58 bits per heavy atom. The number of ether oxygens (including phenoxy) is 1.